The largest absolute Gasteiger partial charge is 0.295 e. The molecule has 1 heterocycles. The van der Waals surface area contributed by atoms with Crippen molar-refractivity contribution in [3.8, 4) is 0 Å². The van der Waals surface area contributed by atoms with Gasteiger partial charge in [-0.05, 0) is 24.6 Å². The van der Waals surface area contributed by atoms with Crippen LogP contribution in [-0.4, -0.2) is 24.0 Å². The lowest BCUT2D eigenvalue weighted by atomic mass is 10.2. The number of sulfonamides is 1. The number of hydrogen-bond donors (Lipinski definition) is 1. The Hall–Kier alpha value is -2.93. The SMILES string of the molecule is CC(=O)c1ccc(S(=O)(=O)Nc2cnn(Cc3ccccc3)c2)cc1. The number of benzene rings is 2. The van der Waals surface area contributed by atoms with E-state index in [-0.39, 0.29) is 10.7 Å². The van der Waals surface area contributed by atoms with Gasteiger partial charge in [-0.3, -0.25) is 14.2 Å². The molecule has 0 unspecified atom stereocenters. The van der Waals surface area contributed by atoms with E-state index in [1.807, 2.05) is 30.3 Å². The van der Waals surface area contributed by atoms with Crippen molar-refractivity contribution in [3.05, 3.63) is 78.1 Å². The third-order valence-electron chi connectivity index (χ3n) is 3.64. The summed E-state index contributed by atoms with van der Waals surface area (Å²) >= 11 is 0. The zero-order chi connectivity index (χ0) is 17.9. The molecule has 0 aliphatic carbocycles. The smallest absolute Gasteiger partial charge is 0.261 e. The predicted molar refractivity (Wildman–Crippen MR) is 95.0 cm³/mol. The number of ketones is 1. The Morgan fingerprint density at radius 3 is 2.40 bits per heavy atom. The van der Waals surface area contributed by atoms with Crippen LogP contribution < -0.4 is 4.72 Å². The second-order valence-electron chi connectivity index (χ2n) is 5.60. The van der Waals surface area contributed by atoms with Gasteiger partial charge in [-0.2, -0.15) is 5.10 Å². The maximum Gasteiger partial charge on any atom is 0.261 e. The minimum absolute atomic E-state index is 0.0910. The third-order valence-corrected chi connectivity index (χ3v) is 5.04. The minimum atomic E-state index is -3.73. The number of Topliss-reactive ketones (excluding diaryl/α,β-unsaturated/α-hetero) is 1. The fraction of sp³-hybridized carbons (Fsp3) is 0.111. The normalized spacial score (nSPS) is 11.2. The highest BCUT2D eigenvalue weighted by atomic mass is 32.2. The monoisotopic (exact) mass is 355 g/mol. The van der Waals surface area contributed by atoms with Crippen LogP contribution >= 0.6 is 0 Å². The van der Waals surface area contributed by atoms with Gasteiger partial charge in [0.25, 0.3) is 10.0 Å². The molecule has 128 valence electrons. The molecule has 0 fully saturated rings. The second-order valence-corrected chi connectivity index (χ2v) is 7.28. The van der Waals surface area contributed by atoms with E-state index in [0.29, 0.717) is 17.8 Å². The molecule has 1 aromatic heterocycles. The average Bonchev–Trinajstić information content (AvgIpc) is 3.02. The van der Waals surface area contributed by atoms with E-state index in [1.54, 1.807) is 10.9 Å². The number of carbonyl (C=O) groups is 1. The van der Waals surface area contributed by atoms with Gasteiger partial charge in [0.1, 0.15) is 0 Å². The van der Waals surface area contributed by atoms with Crippen molar-refractivity contribution in [1.29, 1.82) is 0 Å². The maximum absolute atomic E-state index is 12.4. The van der Waals surface area contributed by atoms with Crippen molar-refractivity contribution in [2.24, 2.45) is 0 Å². The molecule has 3 aromatic rings. The Morgan fingerprint density at radius 2 is 1.76 bits per heavy atom. The molecule has 0 atom stereocenters. The van der Waals surface area contributed by atoms with Gasteiger partial charge in [0.2, 0.25) is 0 Å². The van der Waals surface area contributed by atoms with Gasteiger partial charge >= 0.3 is 0 Å². The summed E-state index contributed by atoms with van der Waals surface area (Å²) in [5, 5.41) is 4.17. The van der Waals surface area contributed by atoms with Crippen LogP contribution in [0.25, 0.3) is 0 Å². The molecule has 0 saturated heterocycles. The third kappa shape index (κ3) is 4.13. The highest BCUT2D eigenvalue weighted by molar-refractivity contribution is 7.92. The molecule has 0 saturated carbocycles. The summed E-state index contributed by atoms with van der Waals surface area (Å²) in [5.74, 6) is -0.112. The fourth-order valence-electron chi connectivity index (χ4n) is 2.36. The minimum Gasteiger partial charge on any atom is -0.295 e. The number of hydrogen-bond acceptors (Lipinski definition) is 4. The van der Waals surface area contributed by atoms with Crippen LogP contribution in [0.5, 0.6) is 0 Å². The van der Waals surface area contributed by atoms with Crippen LogP contribution in [0.1, 0.15) is 22.8 Å². The topological polar surface area (TPSA) is 81.1 Å². The van der Waals surface area contributed by atoms with E-state index >= 15 is 0 Å². The Morgan fingerprint density at radius 1 is 1.08 bits per heavy atom. The van der Waals surface area contributed by atoms with Crippen molar-refractivity contribution >= 4 is 21.5 Å². The van der Waals surface area contributed by atoms with Crippen molar-refractivity contribution in [3.63, 3.8) is 0 Å². The summed E-state index contributed by atoms with van der Waals surface area (Å²) in [6.07, 6.45) is 3.10. The molecule has 0 radical (unpaired) electrons. The highest BCUT2D eigenvalue weighted by Crippen LogP contribution is 2.17. The van der Waals surface area contributed by atoms with Crippen LogP contribution in [-0.2, 0) is 16.6 Å². The van der Waals surface area contributed by atoms with E-state index in [9.17, 15) is 13.2 Å². The Balaban J connectivity index is 1.74. The molecule has 7 heteroatoms. The molecule has 0 aliphatic rings. The summed E-state index contributed by atoms with van der Waals surface area (Å²) in [6, 6.07) is 15.6. The van der Waals surface area contributed by atoms with E-state index in [1.165, 1.54) is 37.4 Å². The lowest BCUT2D eigenvalue weighted by molar-refractivity contribution is 0.101. The van der Waals surface area contributed by atoms with Gasteiger partial charge in [-0.15, -0.1) is 0 Å². The summed E-state index contributed by atoms with van der Waals surface area (Å²) in [4.78, 5) is 11.4. The van der Waals surface area contributed by atoms with Crippen LogP contribution in [0.15, 0.2) is 71.9 Å². The van der Waals surface area contributed by atoms with Crippen LogP contribution in [0, 0.1) is 0 Å². The van der Waals surface area contributed by atoms with Crippen molar-refractivity contribution in [1.82, 2.24) is 9.78 Å². The van der Waals surface area contributed by atoms with E-state index in [4.69, 9.17) is 0 Å². The number of nitrogens with one attached hydrogen (secondary N) is 1. The second kappa shape index (κ2) is 6.90. The summed E-state index contributed by atoms with van der Waals surface area (Å²) in [5.41, 5.74) is 1.92. The zero-order valence-electron chi connectivity index (χ0n) is 13.6. The van der Waals surface area contributed by atoms with Crippen LogP contribution in [0.4, 0.5) is 5.69 Å². The van der Waals surface area contributed by atoms with E-state index in [0.717, 1.165) is 5.56 Å². The van der Waals surface area contributed by atoms with Crippen LogP contribution in [0.2, 0.25) is 0 Å². The van der Waals surface area contributed by atoms with E-state index in [2.05, 4.69) is 9.82 Å². The van der Waals surface area contributed by atoms with Gasteiger partial charge in [-0.25, -0.2) is 8.42 Å². The molecule has 0 spiro atoms. The summed E-state index contributed by atoms with van der Waals surface area (Å²) < 4.78 is 29.0. The molecule has 25 heavy (non-hydrogen) atoms. The average molecular weight is 355 g/mol. The molecule has 0 amide bonds. The fourth-order valence-corrected chi connectivity index (χ4v) is 3.38. The molecule has 6 nitrogen and oxygen atoms in total. The molecular weight excluding hydrogens is 338 g/mol. The first-order chi connectivity index (χ1) is 11.9. The molecule has 2 aromatic carbocycles. The first kappa shape index (κ1) is 16.9. The summed E-state index contributed by atoms with van der Waals surface area (Å²) in [6.45, 7) is 1.98. The van der Waals surface area contributed by atoms with Crippen molar-refractivity contribution < 1.29 is 13.2 Å². The quantitative estimate of drug-likeness (QED) is 0.689. The lowest BCUT2D eigenvalue weighted by Crippen LogP contribution is -2.12. The van der Waals surface area contributed by atoms with Gasteiger partial charge in [-0.1, -0.05) is 42.5 Å². The molecule has 0 aliphatic heterocycles. The van der Waals surface area contributed by atoms with Gasteiger partial charge in [0.05, 0.1) is 23.3 Å². The van der Waals surface area contributed by atoms with Crippen LogP contribution in [0.3, 0.4) is 0 Å². The molecule has 3 rings (SSSR count). The maximum atomic E-state index is 12.4. The van der Waals surface area contributed by atoms with E-state index < -0.39 is 10.0 Å². The first-order valence-electron chi connectivity index (χ1n) is 7.64. The van der Waals surface area contributed by atoms with Gasteiger partial charge in [0.15, 0.2) is 5.78 Å². The number of rotatable bonds is 6. The number of carbonyl (C=O) groups excluding carboxylic acids is 1. The highest BCUT2D eigenvalue weighted by Gasteiger charge is 2.15. The Kier molecular flexibility index (Phi) is 4.67. The van der Waals surface area contributed by atoms with Gasteiger partial charge in [0, 0.05) is 11.8 Å². The standard InChI is InChI=1S/C18H17N3O3S/c1-14(22)16-7-9-18(10-8-16)25(23,24)20-17-11-19-21(13-17)12-15-5-3-2-4-6-15/h2-11,13,20H,12H2,1H3. The Bertz CT molecular complexity index is 978. The predicted octanol–water partition coefficient (Wildman–Crippen LogP) is 2.93. The molecular formula is C18H17N3O3S. The molecule has 1 N–H and O–H groups in total. The van der Waals surface area contributed by atoms with Crippen molar-refractivity contribution in [2.75, 3.05) is 4.72 Å². The number of nitrogens with zero attached hydrogens (tertiary/aromatic N) is 2. The molecule has 0 bridgehead atoms. The number of anilines is 1. The lowest BCUT2D eigenvalue weighted by Gasteiger charge is -2.06. The Labute approximate surface area is 146 Å². The zero-order valence-corrected chi connectivity index (χ0v) is 14.4. The first-order valence-corrected chi connectivity index (χ1v) is 9.12. The van der Waals surface area contributed by atoms with Gasteiger partial charge < -0.3 is 0 Å². The number of aromatic nitrogens is 2. The van der Waals surface area contributed by atoms with Crippen molar-refractivity contribution in [2.45, 2.75) is 18.4 Å². The summed E-state index contributed by atoms with van der Waals surface area (Å²) in [7, 11) is -3.73.